The molecule has 8 heteroatoms. The number of aromatic nitrogens is 5. The van der Waals surface area contributed by atoms with Crippen molar-refractivity contribution in [2.45, 2.75) is 58.0 Å². The van der Waals surface area contributed by atoms with Gasteiger partial charge in [0.2, 0.25) is 0 Å². The highest BCUT2D eigenvalue weighted by atomic mass is 16.1. The van der Waals surface area contributed by atoms with Crippen LogP contribution in [-0.2, 0) is 0 Å². The Hall–Kier alpha value is -2.58. The van der Waals surface area contributed by atoms with Gasteiger partial charge in [0.05, 0.1) is 11.6 Å². The molecule has 5 rings (SSSR count). The summed E-state index contributed by atoms with van der Waals surface area (Å²) in [5.74, 6) is 0.802. The molecule has 0 amide bonds. The number of piperazine rings is 1. The highest BCUT2D eigenvalue weighted by Gasteiger charge is 2.34. The molecule has 3 aromatic rings. The normalized spacial score (nSPS) is 20.1. The third kappa shape index (κ3) is 3.97. The predicted molar refractivity (Wildman–Crippen MR) is 125 cm³/mol. The fourth-order valence-electron chi connectivity index (χ4n) is 5.45. The van der Waals surface area contributed by atoms with Gasteiger partial charge in [0.15, 0.2) is 5.82 Å². The lowest BCUT2D eigenvalue weighted by atomic mass is 9.95. The summed E-state index contributed by atoms with van der Waals surface area (Å²) in [6.45, 7) is 7.83. The molecule has 2 fully saturated rings. The van der Waals surface area contributed by atoms with Gasteiger partial charge in [0, 0.05) is 31.7 Å². The standard InChI is InChI=1S/C24H33N7O/c1-16-13-17(2)21-18(14-16)15-20(24(32)25-21)22(30-11-9-29(3)10-12-30)23-26-27-28-31(23)19-7-5-4-6-8-19/h13-15,19,22H,4-12H2,1-3H3,(H,25,32). The first kappa shape index (κ1) is 21.3. The summed E-state index contributed by atoms with van der Waals surface area (Å²) in [4.78, 5) is 21.3. The van der Waals surface area contributed by atoms with E-state index in [1.807, 2.05) is 11.6 Å². The van der Waals surface area contributed by atoms with E-state index in [0.717, 1.165) is 66.9 Å². The Morgan fingerprint density at radius 2 is 1.78 bits per heavy atom. The molecule has 3 heterocycles. The second kappa shape index (κ2) is 8.75. The van der Waals surface area contributed by atoms with Crippen LogP contribution in [0.25, 0.3) is 10.9 Å². The number of aryl methyl sites for hydroxylation is 2. The molecule has 0 bridgehead atoms. The van der Waals surface area contributed by atoms with Crippen LogP contribution in [0.5, 0.6) is 0 Å². The summed E-state index contributed by atoms with van der Waals surface area (Å²) in [5, 5.41) is 14.1. The molecular weight excluding hydrogens is 402 g/mol. The van der Waals surface area contributed by atoms with Crippen molar-refractivity contribution in [3.63, 3.8) is 0 Å². The molecular formula is C24H33N7O. The van der Waals surface area contributed by atoms with E-state index in [-0.39, 0.29) is 11.6 Å². The van der Waals surface area contributed by atoms with E-state index in [1.165, 1.54) is 24.8 Å². The maximum Gasteiger partial charge on any atom is 0.253 e. The maximum absolute atomic E-state index is 13.4. The van der Waals surface area contributed by atoms with Gasteiger partial charge in [0.1, 0.15) is 6.04 Å². The first-order chi connectivity index (χ1) is 15.5. The highest BCUT2D eigenvalue weighted by Crippen LogP contribution is 2.33. The number of likely N-dealkylation sites (N-methyl/N-ethyl adjacent to an activating group) is 1. The molecule has 1 aromatic carbocycles. The molecule has 2 aliphatic rings. The van der Waals surface area contributed by atoms with Crippen LogP contribution in [0, 0.1) is 13.8 Å². The van der Waals surface area contributed by atoms with Crippen molar-refractivity contribution in [1.82, 2.24) is 35.0 Å². The Morgan fingerprint density at radius 3 is 2.53 bits per heavy atom. The van der Waals surface area contributed by atoms with Crippen molar-refractivity contribution in [3.8, 4) is 0 Å². The van der Waals surface area contributed by atoms with Crippen LogP contribution >= 0.6 is 0 Å². The van der Waals surface area contributed by atoms with E-state index in [0.29, 0.717) is 6.04 Å². The largest absolute Gasteiger partial charge is 0.321 e. The van der Waals surface area contributed by atoms with Crippen molar-refractivity contribution in [3.05, 3.63) is 51.1 Å². The Morgan fingerprint density at radius 1 is 1.03 bits per heavy atom. The van der Waals surface area contributed by atoms with Crippen LogP contribution in [0.2, 0.25) is 0 Å². The van der Waals surface area contributed by atoms with Crippen LogP contribution in [-0.4, -0.2) is 68.2 Å². The van der Waals surface area contributed by atoms with E-state index < -0.39 is 0 Å². The number of nitrogens with zero attached hydrogens (tertiary/aromatic N) is 6. The quantitative estimate of drug-likeness (QED) is 0.678. The first-order valence-corrected chi connectivity index (χ1v) is 11.9. The number of hydrogen-bond donors (Lipinski definition) is 1. The molecule has 2 aromatic heterocycles. The summed E-state index contributed by atoms with van der Waals surface area (Å²) in [6.07, 6.45) is 5.88. The lowest BCUT2D eigenvalue weighted by Gasteiger charge is -2.37. The first-order valence-electron chi connectivity index (χ1n) is 11.9. The fraction of sp³-hybridized carbons (Fsp3) is 0.583. The minimum absolute atomic E-state index is 0.0495. The minimum atomic E-state index is -0.255. The third-order valence-corrected chi connectivity index (χ3v) is 7.20. The summed E-state index contributed by atoms with van der Waals surface area (Å²) in [5.41, 5.74) is 3.88. The van der Waals surface area contributed by atoms with Crippen LogP contribution < -0.4 is 5.56 Å². The number of hydrogen-bond acceptors (Lipinski definition) is 6. The second-order valence-corrected chi connectivity index (χ2v) is 9.62. The molecule has 1 unspecified atom stereocenters. The number of aromatic amines is 1. The van der Waals surface area contributed by atoms with Gasteiger partial charge in [-0.1, -0.05) is 30.9 Å². The number of fused-ring (bicyclic) bond motifs is 1. The smallest absolute Gasteiger partial charge is 0.253 e. The van der Waals surface area contributed by atoms with Crippen LogP contribution in [0.1, 0.15) is 66.7 Å². The zero-order chi connectivity index (χ0) is 22.2. The average Bonchev–Trinajstić information content (AvgIpc) is 3.26. The summed E-state index contributed by atoms with van der Waals surface area (Å²) >= 11 is 0. The molecule has 1 aliphatic heterocycles. The van der Waals surface area contributed by atoms with Crippen molar-refractivity contribution >= 4 is 10.9 Å². The fourth-order valence-corrected chi connectivity index (χ4v) is 5.45. The Balaban J connectivity index is 1.64. The van der Waals surface area contributed by atoms with Crippen molar-refractivity contribution in [2.24, 2.45) is 0 Å². The van der Waals surface area contributed by atoms with Gasteiger partial charge in [-0.3, -0.25) is 9.69 Å². The van der Waals surface area contributed by atoms with Crippen LogP contribution in [0.4, 0.5) is 0 Å². The Labute approximate surface area is 188 Å². The Kier molecular flexibility index (Phi) is 5.82. The van der Waals surface area contributed by atoms with E-state index in [9.17, 15) is 4.79 Å². The van der Waals surface area contributed by atoms with Crippen molar-refractivity contribution < 1.29 is 0 Å². The molecule has 0 radical (unpaired) electrons. The van der Waals surface area contributed by atoms with E-state index in [4.69, 9.17) is 0 Å². The molecule has 1 saturated heterocycles. The van der Waals surface area contributed by atoms with Gasteiger partial charge in [-0.25, -0.2) is 4.68 Å². The monoisotopic (exact) mass is 435 g/mol. The lowest BCUT2D eigenvalue weighted by Crippen LogP contribution is -2.47. The van der Waals surface area contributed by atoms with Crippen LogP contribution in [0.15, 0.2) is 23.0 Å². The zero-order valence-electron chi connectivity index (χ0n) is 19.3. The number of tetrazole rings is 1. The summed E-state index contributed by atoms with van der Waals surface area (Å²) < 4.78 is 2.02. The lowest BCUT2D eigenvalue weighted by molar-refractivity contribution is 0.119. The average molecular weight is 436 g/mol. The number of benzene rings is 1. The number of pyridine rings is 1. The molecule has 1 aliphatic carbocycles. The molecule has 170 valence electrons. The third-order valence-electron chi connectivity index (χ3n) is 7.20. The predicted octanol–water partition coefficient (Wildman–Crippen LogP) is 2.97. The van der Waals surface area contributed by atoms with Crippen molar-refractivity contribution in [1.29, 1.82) is 0 Å². The summed E-state index contributed by atoms with van der Waals surface area (Å²) in [7, 11) is 2.15. The molecule has 32 heavy (non-hydrogen) atoms. The molecule has 0 spiro atoms. The molecule has 1 saturated carbocycles. The van der Waals surface area contributed by atoms with E-state index in [1.54, 1.807) is 0 Å². The van der Waals surface area contributed by atoms with Gasteiger partial charge >= 0.3 is 0 Å². The topological polar surface area (TPSA) is 82.9 Å². The molecule has 1 N–H and O–H groups in total. The van der Waals surface area contributed by atoms with Gasteiger partial charge in [-0.15, -0.1) is 5.10 Å². The minimum Gasteiger partial charge on any atom is -0.321 e. The van der Waals surface area contributed by atoms with E-state index >= 15 is 0 Å². The second-order valence-electron chi connectivity index (χ2n) is 9.62. The van der Waals surface area contributed by atoms with Gasteiger partial charge in [-0.2, -0.15) is 0 Å². The molecule has 1 atom stereocenters. The number of H-pyrrole nitrogens is 1. The molecule has 8 nitrogen and oxygen atoms in total. The SMILES string of the molecule is Cc1cc(C)c2[nH]c(=O)c(C(c3nnnn3C3CCCCC3)N3CCN(C)CC3)cc2c1. The summed E-state index contributed by atoms with van der Waals surface area (Å²) in [6, 6.07) is 6.38. The van der Waals surface area contributed by atoms with Crippen molar-refractivity contribution in [2.75, 3.05) is 33.2 Å². The van der Waals surface area contributed by atoms with Gasteiger partial charge in [0.25, 0.3) is 5.56 Å². The van der Waals surface area contributed by atoms with Gasteiger partial charge < -0.3 is 9.88 Å². The van der Waals surface area contributed by atoms with Crippen LogP contribution in [0.3, 0.4) is 0 Å². The highest BCUT2D eigenvalue weighted by molar-refractivity contribution is 5.83. The number of nitrogens with one attached hydrogen (secondary N) is 1. The van der Waals surface area contributed by atoms with Gasteiger partial charge in [-0.05, 0) is 67.2 Å². The Bertz CT molecular complexity index is 1150. The van der Waals surface area contributed by atoms with E-state index in [2.05, 4.69) is 62.5 Å². The number of rotatable bonds is 4. The zero-order valence-corrected chi connectivity index (χ0v) is 19.3. The maximum atomic E-state index is 13.4.